The highest BCUT2D eigenvalue weighted by Gasteiger charge is 2.30. The molecular formula is C15H14F3NOS. The molecule has 0 spiro atoms. The molecule has 0 aliphatic rings. The highest BCUT2D eigenvalue weighted by Crippen LogP contribution is 2.26. The lowest BCUT2D eigenvalue weighted by Crippen LogP contribution is -2.16. The van der Waals surface area contributed by atoms with E-state index in [2.05, 4.69) is 4.74 Å². The molecule has 0 heterocycles. The molecule has 112 valence electrons. The SMILES string of the molecule is NCc1ccc(SCc2ccc(OC(F)(F)F)cc2)cc1. The summed E-state index contributed by atoms with van der Waals surface area (Å²) in [5.41, 5.74) is 7.52. The third-order valence-corrected chi connectivity index (χ3v) is 3.80. The van der Waals surface area contributed by atoms with Gasteiger partial charge in [-0.15, -0.1) is 24.9 Å². The van der Waals surface area contributed by atoms with Gasteiger partial charge in [0.15, 0.2) is 0 Å². The molecule has 0 aliphatic heterocycles. The molecule has 2 nitrogen and oxygen atoms in total. The predicted molar refractivity (Wildman–Crippen MR) is 77.0 cm³/mol. The summed E-state index contributed by atoms with van der Waals surface area (Å²) in [6, 6.07) is 13.8. The number of alkyl halides is 3. The summed E-state index contributed by atoms with van der Waals surface area (Å²) >= 11 is 1.61. The summed E-state index contributed by atoms with van der Waals surface area (Å²) < 4.78 is 39.9. The summed E-state index contributed by atoms with van der Waals surface area (Å²) in [5, 5.41) is 0. The van der Waals surface area contributed by atoms with Gasteiger partial charge in [-0.25, -0.2) is 0 Å². The second-order valence-corrected chi connectivity index (χ2v) is 5.38. The average molecular weight is 313 g/mol. The van der Waals surface area contributed by atoms with Gasteiger partial charge in [0.25, 0.3) is 0 Å². The van der Waals surface area contributed by atoms with Gasteiger partial charge in [0.2, 0.25) is 0 Å². The maximum absolute atomic E-state index is 12.0. The van der Waals surface area contributed by atoms with Crippen LogP contribution in [0.1, 0.15) is 11.1 Å². The first-order chi connectivity index (χ1) is 9.96. The molecular weight excluding hydrogens is 299 g/mol. The van der Waals surface area contributed by atoms with Gasteiger partial charge in [-0.05, 0) is 35.4 Å². The van der Waals surface area contributed by atoms with Gasteiger partial charge in [0, 0.05) is 17.2 Å². The molecule has 21 heavy (non-hydrogen) atoms. The fourth-order valence-corrected chi connectivity index (χ4v) is 2.53. The first-order valence-corrected chi connectivity index (χ1v) is 7.21. The maximum atomic E-state index is 12.0. The van der Waals surface area contributed by atoms with Crippen LogP contribution < -0.4 is 10.5 Å². The molecule has 6 heteroatoms. The molecule has 2 N–H and O–H groups in total. The lowest BCUT2D eigenvalue weighted by atomic mass is 10.2. The number of hydrogen-bond donors (Lipinski definition) is 1. The molecule has 0 bridgehead atoms. The Morgan fingerprint density at radius 1 is 0.905 bits per heavy atom. The van der Waals surface area contributed by atoms with Gasteiger partial charge in [-0.1, -0.05) is 24.3 Å². The summed E-state index contributed by atoms with van der Waals surface area (Å²) in [6.07, 6.45) is -4.65. The van der Waals surface area contributed by atoms with Crippen LogP contribution >= 0.6 is 11.8 Å². The van der Waals surface area contributed by atoms with Crippen LogP contribution in [0, 0.1) is 0 Å². The van der Waals surface area contributed by atoms with E-state index in [1.165, 1.54) is 12.1 Å². The Labute approximate surface area is 125 Å². The zero-order valence-electron chi connectivity index (χ0n) is 11.1. The number of halogens is 3. The molecule has 0 saturated carbocycles. The van der Waals surface area contributed by atoms with Crippen molar-refractivity contribution in [2.45, 2.75) is 23.6 Å². The standard InChI is InChI=1S/C15H14F3NOS/c16-15(17,18)20-13-5-1-12(2-6-13)10-21-14-7-3-11(9-19)4-8-14/h1-8H,9-10,19H2. The molecule has 2 aromatic rings. The molecule has 0 saturated heterocycles. The predicted octanol–water partition coefficient (Wildman–Crippen LogP) is 4.34. The number of benzene rings is 2. The highest BCUT2D eigenvalue weighted by molar-refractivity contribution is 7.98. The molecule has 2 aromatic carbocycles. The minimum Gasteiger partial charge on any atom is -0.406 e. The van der Waals surface area contributed by atoms with Crippen molar-refractivity contribution in [3.63, 3.8) is 0 Å². The quantitative estimate of drug-likeness (QED) is 0.834. The lowest BCUT2D eigenvalue weighted by Gasteiger charge is -2.09. The summed E-state index contributed by atoms with van der Waals surface area (Å²) in [5.74, 6) is 0.470. The van der Waals surface area contributed by atoms with Crippen LogP contribution in [0.25, 0.3) is 0 Å². The largest absolute Gasteiger partial charge is 0.573 e. The molecule has 0 unspecified atom stereocenters. The zero-order valence-corrected chi connectivity index (χ0v) is 11.9. The summed E-state index contributed by atoms with van der Waals surface area (Å²) in [7, 11) is 0. The summed E-state index contributed by atoms with van der Waals surface area (Å²) in [6.45, 7) is 0.506. The van der Waals surface area contributed by atoms with Gasteiger partial charge in [-0.3, -0.25) is 0 Å². The van der Waals surface area contributed by atoms with E-state index in [0.717, 1.165) is 16.0 Å². The molecule has 0 aromatic heterocycles. The van der Waals surface area contributed by atoms with Gasteiger partial charge in [0.1, 0.15) is 5.75 Å². The number of thioether (sulfide) groups is 1. The Hall–Kier alpha value is -1.66. The van der Waals surface area contributed by atoms with Gasteiger partial charge in [0.05, 0.1) is 0 Å². The van der Waals surface area contributed by atoms with Gasteiger partial charge < -0.3 is 10.5 Å². The summed E-state index contributed by atoms with van der Waals surface area (Å²) in [4.78, 5) is 1.09. The van der Waals surface area contributed by atoms with Crippen molar-refractivity contribution < 1.29 is 17.9 Å². The Balaban J connectivity index is 1.91. The maximum Gasteiger partial charge on any atom is 0.573 e. The third-order valence-electron chi connectivity index (χ3n) is 2.72. The van der Waals surface area contributed by atoms with Crippen molar-refractivity contribution in [2.75, 3.05) is 0 Å². The monoisotopic (exact) mass is 313 g/mol. The van der Waals surface area contributed by atoms with Crippen LogP contribution in [0.5, 0.6) is 5.75 Å². The first kappa shape index (κ1) is 15.7. The molecule has 2 rings (SSSR count). The highest BCUT2D eigenvalue weighted by atomic mass is 32.2. The van der Waals surface area contributed by atoms with E-state index in [4.69, 9.17) is 5.73 Å². The Kier molecular flexibility index (Phi) is 5.14. The van der Waals surface area contributed by atoms with Crippen molar-refractivity contribution in [3.8, 4) is 5.75 Å². The van der Waals surface area contributed by atoms with Crippen LogP contribution in [0.2, 0.25) is 0 Å². The second kappa shape index (κ2) is 6.87. The van der Waals surface area contributed by atoms with Crippen molar-refractivity contribution in [1.82, 2.24) is 0 Å². The second-order valence-electron chi connectivity index (χ2n) is 4.33. The fourth-order valence-electron chi connectivity index (χ4n) is 1.68. The van der Waals surface area contributed by atoms with Crippen molar-refractivity contribution in [1.29, 1.82) is 0 Å². The van der Waals surface area contributed by atoms with Crippen LogP contribution in [0.3, 0.4) is 0 Å². The smallest absolute Gasteiger partial charge is 0.406 e. The van der Waals surface area contributed by atoms with Gasteiger partial charge >= 0.3 is 6.36 Å². The number of ether oxygens (including phenoxy) is 1. The van der Waals surface area contributed by atoms with Crippen LogP contribution in [0.15, 0.2) is 53.4 Å². The van der Waals surface area contributed by atoms with E-state index >= 15 is 0 Å². The zero-order chi connectivity index (χ0) is 15.3. The Morgan fingerprint density at radius 2 is 1.48 bits per heavy atom. The van der Waals surface area contributed by atoms with Gasteiger partial charge in [-0.2, -0.15) is 0 Å². The van der Waals surface area contributed by atoms with Crippen molar-refractivity contribution >= 4 is 11.8 Å². The topological polar surface area (TPSA) is 35.2 Å². The van der Waals surface area contributed by atoms with E-state index in [1.807, 2.05) is 24.3 Å². The minimum absolute atomic E-state index is 0.205. The average Bonchev–Trinajstić information content (AvgIpc) is 2.45. The molecule has 0 radical (unpaired) electrons. The van der Waals surface area contributed by atoms with Crippen molar-refractivity contribution in [2.24, 2.45) is 5.73 Å². The lowest BCUT2D eigenvalue weighted by molar-refractivity contribution is -0.274. The molecule has 0 amide bonds. The number of rotatable bonds is 5. The van der Waals surface area contributed by atoms with Crippen LogP contribution in [0.4, 0.5) is 13.2 Å². The minimum atomic E-state index is -4.65. The first-order valence-electron chi connectivity index (χ1n) is 6.23. The van der Waals surface area contributed by atoms with E-state index in [1.54, 1.807) is 23.9 Å². The number of nitrogens with two attached hydrogens (primary N) is 1. The van der Waals surface area contributed by atoms with E-state index < -0.39 is 6.36 Å². The van der Waals surface area contributed by atoms with Crippen LogP contribution in [-0.2, 0) is 12.3 Å². The number of hydrogen-bond acceptors (Lipinski definition) is 3. The molecule has 0 atom stereocenters. The van der Waals surface area contributed by atoms with E-state index in [9.17, 15) is 13.2 Å². The molecule has 0 aliphatic carbocycles. The van der Waals surface area contributed by atoms with E-state index in [-0.39, 0.29) is 5.75 Å². The molecule has 0 fully saturated rings. The van der Waals surface area contributed by atoms with Crippen molar-refractivity contribution in [3.05, 3.63) is 59.7 Å². The third kappa shape index (κ3) is 5.32. The van der Waals surface area contributed by atoms with Crippen LogP contribution in [-0.4, -0.2) is 6.36 Å². The fraction of sp³-hybridized carbons (Fsp3) is 0.200. The van der Waals surface area contributed by atoms with E-state index in [0.29, 0.717) is 12.3 Å². The normalized spacial score (nSPS) is 11.4. The Bertz CT molecular complexity index is 567. The Morgan fingerprint density at radius 3 is 2.00 bits per heavy atom.